The molecule has 0 atom stereocenters. The molecule has 0 aliphatic rings. The second-order valence-corrected chi connectivity index (χ2v) is 6.38. The summed E-state index contributed by atoms with van der Waals surface area (Å²) >= 11 is 0. The lowest BCUT2D eigenvalue weighted by Gasteiger charge is -2.09. The van der Waals surface area contributed by atoms with E-state index in [0.29, 0.717) is 12.1 Å². The van der Waals surface area contributed by atoms with Gasteiger partial charge >= 0.3 is 15.6 Å². The molecule has 0 bridgehead atoms. The topological polar surface area (TPSA) is 74.1 Å². The van der Waals surface area contributed by atoms with Crippen LogP contribution in [0.5, 0.6) is 5.75 Å². The third kappa shape index (κ3) is 3.04. The lowest BCUT2D eigenvalue weighted by molar-refractivity contribution is -0.0499. The second kappa shape index (κ2) is 5.78. The van der Waals surface area contributed by atoms with Crippen LogP contribution in [-0.4, -0.2) is 28.9 Å². The highest BCUT2D eigenvalue weighted by Crippen LogP contribution is 2.30. The number of benzene rings is 2. The molecule has 0 spiro atoms. The maximum atomic E-state index is 12.5. The fourth-order valence-electron chi connectivity index (χ4n) is 2.07. The maximum Gasteiger partial charge on any atom is 0.534 e. The van der Waals surface area contributed by atoms with E-state index >= 15 is 0 Å². The van der Waals surface area contributed by atoms with Gasteiger partial charge in [0.25, 0.3) is 0 Å². The molecule has 1 aromatic heterocycles. The molecule has 3 aromatic rings. The summed E-state index contributed by atoms with van der Waals surface area (Å²) in [4.78, 5) is 0. The summed E-state index contributed by atoms with van der Waals surface area (Å²) in [5, 5.41) is 7.59. The minimum Gasteiger partial charge on any atom is -0.374 e. The van der Waals surface area contributed by atoms with Gasteiger partial charge in [0.05, 0.1) is 12.1 Å². The Morgan fingerprint density at radius 2 is 1.75 bits per heavy atom. The molecule has 2 aromatic carbocycles. The first-order chi connectivity index (χ1) is 11.3. The van der Waals surface area contributed by atoms with E-state index in [9.17, 15) is 21.6 Å². The van der Waals surface area contributed by atoms with Gasteiger partial charge in [-0.05, 0) is 17.7 Å². The van der Waals surface area contributed by atoms with Crippen molar-refractivity contribution in [2.24, 2.45) is 0 Å². The lowest BCUT2D eigenvalue weighted by Crippen LogP contribution is -2.28. The minimum atomic E-state index is -5.77. The molecule has 0 saturated carbocycles. The van der Waals surface area contributed by atoms with Crippen LogP contribution in [0.25, 0.3) is 11.0 Å². The lowest BCUT2D eigenvalue weighted by atomic mass is 10.2. The van der Waals surface area contributed by atoms with Gasteiger partial charge in [-0.15, -0.1) is 5.10 Å². The fraction of sp³-hybridized carbons (Fsp3) is 0.143. The summed E-state index contributed by atoms with van der Waals surface area (Å²) in [5.41, 5.74) is -4.33. The van der Waals surface area contributed by atoms with Crippen molar-refractivity contribution in [2.45, 2.75) is 12.1 Å². The zero-order valence-corrected chi connectivity index (χ0v) is 12.8. The van der Waals surface area contributed by atoms with E-state index in [1.165, 1.54) is 10.7 Å². The number of hydrogen-bond acceptors (Lipinski definition) is 5. The van der Waals surface area contributed by atoms with Crippen molar-refractivity contribution in [2.75, 3.05) is 0 Å². The summed E-state index contributed by atoms with van der Waals surface area (Å²) in [7, 11) is -5.77. The van der Waals surface area contributed by atoms with Crippen LogP contribution >= 0.6 is 0 Å². The monoisotopic (exact) mass is 357 g/mol. The van der Waals surface area contributed by atoms with E-state index in [1.807, 2.05) is 30.3 Å². The predicted molar refractivity (Wildman–Crippen MR) is 78.7 cm³/mol. The highest BCUT2D eigenvalue weighted by atomic mass is 32.2. The quantitative estimate of drug-likeness (QED) is 0.530. The summed E-state index contributed by atoms with van der Waals surface area (Å²) < 4.78 is 65.3. The van der Waals surface area contributed by atoms with E-state index in [1.54, 1.807) is 6.07 Å². The number of alkyl halides is 3. The number of nitrogens with zero attached hydrogens (tertiary/aromatic N) is 3. The number of halogens is 3. The van der Waals surface area contributed by atoms with Gasteiger partial charge in [-0.1, -0.05) is 41.6 Å². The maximum absolute atomic E-state index is 12.5. The van der Waals surface area contributed by atoms with Gasteiger partial charge in [0.1, 0.15) is 0 Å². The highest BCUT2D eigenvalue weighted by Gasteiger charge is 2.48. The van der Waals surface area contributed by atoms with Gasteiger partial charge in [-0.2, -0.15) is 21.6 Å². The molecule has 0 amide bonds. The summed E-state index contributed by atoms with van der Waals surface area (Å²) in [5.74, 6) is -0.524. The summed E-state index contributed by atoms with van der Waals surface area (Å²) in [6.45, 7) is 0.326. The van der Waals surface area contributed by atoms with Crippen LogP contribution in [-0.2, 0) is 16.7 Å². The van der Waals surface area contributed by atoms with Crippen LogP contribution in [0.2, 0.25) is 0 Å². The van der Waals surface area contributed by atoms with Gasteiger partial charge in [0.15, 0.2) is 11.3 Å². The molecule has 3 rings (SSSR count). The van der Waals surface area contributed by atoms with E-state index in [2.05, 4.69) is 14.5 Å². The van der Waals surface area contributed by atoms with Crippen LogP contribution in [0.15, 0.2) is 48.5 Å². The average molecular weight is 357 g/mol. The second-order valence-electron chi connectivity index (χ2n) is 4.84. The number of fused-ring (bicyclic) bond motifs is 1. The van der Waals surface area contributed by atoms with Crippen molar-refractivity contribution in [3.63, 3.8) is 0 Å². The molecule has 1 heterocycles. The first-order valence-electron chi connectivity index (χ1n) is 6.65. The zero-order valence-electron chi connectivity index (χ0n) is 11.9. The van der Waals surface area contributed by atoms with Crippen molar-refractivity contribution < 1.29 is 25.8 Å². The zero-order chi connectivity index (χ0) is 17.4. The molecule has 0 saturated heterocycles. The van der Waals surface area contributed by atoms with E-state index in [-0.39, 0.29) is 5.52 Å². The Balaban J connectivity index is 1.98. The van der Waals surface area contributed by atoms with E-state index in [4.69, 9.17) is 0 Å². The third-order valence-electron chi connectivity index (χ3n) is 3.17. The molecule has 0 radical (unpaired) electrons. The summed E-state index contributed by atoms with van der Waals surface area (Å²) in [6.07, 6.45) is 0. The van der Waals surface area contributed by atoms with Gasteiger partial charge < -0.3 is 4.18 Å². The van der Waals surface area contributed by atoms with Gasteiger partial charge in [-0.3, -0.25) is 0 Å². The molecule has 0 fully saturated rings. The number of hydrogen-bond donors (Lipinski definition) is 0. The van der Waals surface area contributed by atoms with Gasteiger partial charge in [0.2, 0.25) is 0 Å². The summed E-state index contributed by atoms with van der Waals surface area (Å²) in [6, 6.07) is 13.2. The van der Waals surface area contributed by atoms with Crippen molar-refractivity contribution in [1.29, 1.82) is 0 Å². The number of aromatic nitrogens is 3. The SMILES string of the molecule is O=S(=O)(Oc1cccc2c1nnn2Cc1ccccc1)C(F)(F)F. The number of rotatable bonds is 4. The molecule has 0 unspecified atom stereocenters. The minimum absolute atomic E-state index is 0.0683. The molecule has 6 nitrogen and oxygen atoms in total. The van der Waals surface area contributed by atoms with E-state index in [0.717, 1.165) is 11.6 Å². The van der Waals surface area contributed by atoms with E-state index < -0.39 is 21.4 Å². The van der Waals surface area contributed by atoms with Crippen LogP contribution in [0.3, 0.4) is 0 Å². The van der Waals surface area contributed by atoms with Crippen molar-refractivity contribution in [1.82, 2.24) is 15.0 Å². The molecule has 0 N–H and O–H groups in total. The molecule has 10 heteroatoms. The first-order valence-corrected chi connectivity index (χ1v) is 8.06. The Morgan fingerprint density at radius 3 is 2.42 bits per heavy atom. The normalized spacial score (nSPS) is 12.5. The van der Waals surface area contributed by atoms with Crippen molar-refractivity contribution in [3.8, 4) is 5.75 Å². The molecule has 24 heavy (non-hydrogen) atoms. The molecule has 0 aliphatic heterocycles. The molecule has 126 valence electrons. The van der Waals surface area contributed by atoms with Crippen LogP contribution < -0.4 is 4.18 Å². The Morgan fingerprint density at radius 1 is 1.04 bits per heavy atom. The van der Waals surface area contributed by atoms with Gasteiger partial charge in [-0.25, -0.2) is 4.68 Å². The highest BCUT2D eigenvalue weighted by molar-refractivity contribution is 7.88. The first kappa shape index (κ1) is 16.2. The fourth-order valence-corrected chi connectivity index (χ4v) is 2.54. The Labute approximate surface area is 134 Å². The Kier molecular flexibility index (Phi) is 3.91. The van der Waals surface area contributed by atoms with Crippen molar-refractivity contribution in [3.05, 3.63) is 54.1 Å². The molecule has 0 aliphatic carbocycles. The molecular formula is C14H10F3N3O3S. The van der Waals surface area contributed by atoms with Crippen LogP contribution in [0.1, 0.15) is 5.56 Å². The van der Waals surface area contributed by atoms with Gasteiger partial charge in [0, 0.05) is 0 Å². The van der Waals surface area contributed by atoms with Crippen LogP contribution in [0, 0.1) is 0 Å². The largest absolute Gasteiger partial charge is 0.534 e. The smallest absolute Gasteiger partial charge is 0.374 e. The molecular weight excluding hydrogens is 347 g/mol. The predicted octanol–water partition coefficient (Wildman–Crippen LogP) is 2.71. The van der Waals surface area contributed by atoms with Crippen molar-refractivity contribution >= 4 is 21.2 Å². The standard InChI is InChI=1S/C14H10F3N3O3S/c15-14(16,17)24(21,22)23-12-8-4-7-11-13(12)18-19-20(11)9-10-5-2-1-3-6-10/h1-8H,9H2. The Hall–Kier alpha value is -2.62. The van der Waals surface area contributed by atoms with Crippen LogP contribution in [0.4, 0.5) is 13.2 Å². The Bertz CT molecular complexity index is 969. The third-order valence-corrected chi connectivity index (χ3v) is 4.13. The average Bonchev–Trinajstić information content (AvgIpc) is 2.91.